The molecular weight excluding hydrogens is 361 g/mol. The average molecular weight is 381 g/mol. The van der Waals surface area contributed by atoms with Crippen molar-refractivity contribution >= 4 is 17.4 Å². The lowest BCUT2D eigenvalue weighted by Gasteiger charge is -2.18. The Hall–Kier alpha value is -2.01. The summed E-state index contributed by atoms with van der Waals surface area (Å²) in [6.07, 6.45) is -0.339. The molecule has 1 aliphatic rings. The van der Waals surface area contributed by atoms with Crippen LogP contribution < -0.4 is 5.32 Å². The molecule has 2 aromatic rings. The van der Waals surface area contributed by atoms with Gasteiger partial charge in [0.2, 0.25) is 0 Å². The fraction of sp³-hybridized carbons (Fsp3) is 0.350. The zero-order valence-corrected chi connectivity index (χ0v) is 14.9. The van der Waals surface area contributed by atoms with Crippen LogP contribution in [0.25, 0.3) is 0 Å². The summed E-state index contributed by atoms with van der Waals surface area (Å²) in [6.45, 7) is 0.842. The van der Waals surface area contributed by atoms with Gasteiger partial charge in [-0.1, -0.05) is 42.3 Å². The monoisotopic (exact) mass is 380 g/mol. The second-order valence-electron chi connectivity index (χ2n) is 6.39. The van der Waals surface area contributed by atoms with Crippen LogP contribution in [0, 0.1) is 0 Å². The van der Waals surface area contributed by atoms with Gasteiger partial charge in [0.05, 0.1) is 11.4 Å². The highest BCUT2D eigenvalue weighted by Crippen LogP contribution is 2.34. The van der Waals surface area contributed by atoms with Crippen molar-refractivity contribution in [1.29, 1.82) is 0 Å². The van der Waals surface area contributed by atoms with Crippen molar-refractivity contribution in [3.05, 3.63) is 70.2 Å². The lowest BCUT2D eigenvalue weighted by molar-refractivity contribution is -0.137. The predicted molar refractivity (Wildman–Crippen MR) is 98.6 cm³/mol. The fourth-order valence-corrected chi connectivity index (χ4v) is 3.18. The Morgan fingerprint density at radius 3 is 2.46 bits per heavy atom. The van der Waals surface area contributed by atoms with E-state index < -0.39 is 17.8 Å². The van der Waals surface area contributed by atoms with Crippen molar-refractivity contribution in [2.75, 3.05) is 6.54 Å². The molecule has 0 bridgehead atoms. The van der Waals surface area contributed by atoms with Gasteiger partial charge >= 0.3 is 6.18 Å². The number of amidine groups is 1. The Bertz CT molecular complexity index is 759. The van der Waals surface area contributed by atoms with Crippen molar-refractivity contribution in [2.45, 2.75) is 37.9 Å². The second-order valence-corrected chi connectivity index (χ2v) is 6.83. The molecule has 1 saturated heterocycles. The third kappa shape index (κ3) is 4.79. The molecule has 3 rings (SSSR count). The SMILES string of the molecule is FC(F)(F)c1cccc(C(N=C2CCCCCN2)c2ccc(Cl)cc2)c1. The zero-order valence-electron chi connectivity index (χ0n) is 14.2. The van der Waals surface area contributed by atoms with Crippen LogP contribution in [-0.4, -0.2) is 12.4 Å². The topological polar surface area (TPSA) is 24.4 Å². The Labute approximate surface area is 156 Å². The Morgan fingerprint density at radius 2 is 1.73 bits per heavy atom. The predicted octanol–water partition coefficient (Wildman–Crippen LogP) is 6.01. The first-order valence-electron chi connectivity index (χ1n) is 8.66. The van der Waals surface area contributed by atoms with Crippen LogP contribution in [0.4, 0.5) is 13.2 Å². The van der Waals surface area contributed by atoms with Gasteiger partial charge in [-0.3, -0.25) is 4.99 Å². The maximum Gasteiger partial charge on any atom is 0.416 e. The summed E-state index contributed by atoms with van der Waals surface area (Å²) in [5, 5.41) is 3.89. The molecule has 1 unspecified atom stereocenters. The molecule has 2 nitrogen and oxygen atoms in total. The van der Waals surface area contributed by atoms with E-state index in [4.69, 9.17) is 16.6 Å². The third-order valence-electron chi connectivity index (χ3n) is 4.42. The van der Waals surface area contributed by atoms with E-state index in [9.17, 15) is 13.2 Å². The van der Waals surface area contributed by atoms with Gasteiger partial charge in [0.15, 0.2) is 0 Å². The van der Waals surface area contributed by atoms with E-state index in [2.05, 4.69) is 5.32 Å². The van der Waals surface area contributed by atoms with E-state index in [0.717, 1.165) is 49.7 Å². The smallest absolute Gasteiger partial charge is 0.374 e. The minimum absolute atomic E-state index is 0.504. The first-order chi connectivity index (χ1) is 12.4. The van der Waals surface area contributed by atoms with E-state index in [0.29, 0.717) is 10.6 Å². The van der Waals surface area contributed by atoms with Gasteiger partial charge < -0.3 is 5.32 Å². The molecule has 1 N–H and O–H groups in total. The van der Waals surface area contributed by atoms with E-state index in [-0.39, 0.29) is 0 Å². The third-order valence-corrected chi connectivity index (χ3v) is 4.67. The minimum Gasteiger partial charge on any atom is -0.374 e. The van der Waals surface area contributed by atoms with Crippen LogP contribution in [-0.2, 0) is 6.18 Å². The lowest BCUT2D eigenvalue weighted by Crippen LogP contribution is -2.23. The van der Waals surface area contributed by atoms with Gasteiger partial charge in [0.1, 0.15) is 6.04 Å². The van der Waals surface area contributed by atoms with Gasteiger partial charge in [0.25, 0.3) is 0 Å². The van der Waals surface area contributed by atoms with Gasteiger partial charge in [-0.05, 0) is 48.2 Å². The molecule has 138 valence electrons. The summed E-state index contributed by atoms with van der Waals surface area (Å²) in [5.41, 5.74) is 0.663. The molecule has 0 saturated carbocycles. The molecule has 2 aromatic carbocycles. The maximum atomic E-state index is 13.1. The summed E-state index contributed by atoms with van der Waals surface area (Å²) in [5.74, 6) is 0.847. The molecular formula is C20H20ClF3N2. The summed E-state index contributed by atoms with van der Waals surface area (Å²) in [4.78, 5) is 4.78. The Morgan fingerprint density at radius 1 is 0.962 bits per heavy atom. The number of hydrogen-bond donors (Lipinski definition) is 1. The van der Waals surface area contributed by atoms with E-state index >= 15 is 0 Å². The maximum absolute atomic E-state index is 13.1. The highest BCUT2D eigenvalue weighted by molar-refractivity contribution is 6.30. The molecule has 0 radical (unpaired) electrons. The molecule has 0 amide bonds. The number of benzene rings is 2. The summed E-state index contributed by atoms with van der Waals surface area (Å²) >= 11 is 5.96. The van der Waals surface area contributed by atoms with Crippen LogP contribution >= 0.6 is 11.6 Å². The van der Waals surface area contributed by atoms with Crippen LogP contribution in [0.3, 0.4) is 0 Å². The number of halogens is 4. The van der Waals surface area contributed by atoms with Gasteiger partial charge in [0, 0.05) is 18.0 Å². The molecule has 1 heterocycles. The van der Waals surface area contributed by atoms with Crippen LogP contribution in [0.2, 0.25) is 5.02 Å². The van der Waals surface area contributed by atoms with E-state index in [1.54, 1.807) is 18.2 Å². The van der Waals surface area contributed by atoms with Gasteiger partial charge in [-0.15, -0.1) is 0 Å². The standard InChI is InChI=1S/C20H20ClF3N2/c21-17-10-8-14(9-11-17)19(26-18-7-2-1-3-12-25-18)15-5-4-6-16(13-15)20(22,23)24/h4-6,8-11,13,19H,1-3,7,12H2,(H,25,26). The highest BCUT2D eigenvalue weighted by Gasteiger charge is 2.31. The molecule has 26 heavy (non-hydrogen) atoms. The number of nitrogens with one attached hydrogen (secondary N) is 1. The molecule has 0 aliphatic carbocycles. The number of aliphatic imine (C=N–C) groups is 1. The summed E-state index contributed by atoms with van der Waals surface area (Å²) in [6, 6.07) is 12.0. The molecule has 1 atom stereocenters. The summed E-state index contributed by atoms with van der Waals surface area (Å²) in [7, 11) is 0. The van der Waals surface area contributed by atoms with E-state index in [1.165, 1.54) is 12.1 Å². The number of alkyl halides is 3. The van der Waals surface area contributed by atoms with Crippen molar-refractivity contribution < 1.29 is 13.2 Å². The first kappa shape index (κ1) is 18.8. The molecule has 1 aliphatic heterocycles. The quantitative estimate of drug-likeness (QED) is 0.692. The second kappa shape index (κ2) is 8.12. The first-order valence-corrected chi connectivity index (χ1v) is 9.04. The molecule has 1 fully saturated rings. The van der Waals surface area contributed by atoms with Gasteiger partial charge in [-0.25, -0.2) is 0 Å². The van der Waals surface area contributed by atoms with Crippen molar-refractivity contribution in [1.82, 2.24) is 5.32 Å². The Kier molecular flexibility index (Phi) is 5.87. The molecule has 0 aromatic heterocycles. The normalized spacial score (nSPS) is 18.2. The fourth-order valence-electron chi connectivity index (χ4n) is 3.05. The van der Waals surface area contributed by atoms with Crippen LogP contribution in [0.1, 0.15) is 48.4 Å². The van der Waals surface area contributed by atoms with Crippen molar-refractivity contribution in [2.24, 2.45) is 4.99 Å². The minimum atomic E-state index is -4.38. The molecule has 0 spiro atoms. The molecule has 6 heteroatoms. The van der Waals surface area contributed by atoms with Crippen LogP contribution in [0.5, 0.6) is 0 Å². The number of hydrogen-bond acceptors (Lipinski definition) is 1. The largest absolute Gasteiger partial charge is 0.416 e. The van der Waals surface area contributed by atoms with Crippen LogP contribution in [0.15, 0.2) is 53.5 Å². The van der Waals surface area contributed by atoms with Crippen molar-refractivity contribution in [3.63, 3.8) is 0 Å². The number of rotatable bonds is 3. The highest BCUT2D eigenvalue weighted by atomic mass is 35.5. The van der Waals surface area contributed by atoms with Gasteiger partial charge in [-0.2, -0.15) is 13.2 Å². The lowest BCUT2D eigenvalue weighted by atomic mass is 9.97. The zero-order chi connectivity index (χ0) is 18.6. The average Bonchev–Trinajstić information content (AvgIpc) is 2.89. The van der Waals surface area contributed by atoms with E-state index in [1.807, 2.05) is 12.1 Å². The van der Waals surface area contributed by atoms with Crippen molar-refractivity contribution in [3.8, 4) is 0 Å². The number of nitrogens with zero attached hydrogens (tertiary/aromatic N) is 1. The summed E-state index contributed by atoms with van der Waals surface area (Å²) < 4.78 is 39.4. The Balaban J connectivity index is 2.03.